The van der Waals surface area contributed by atoms with Crippen LogP contribution in [0.5, 0.6) is 5.75 Å². The highest BCUT2D eigenvalue weighted by Crippen LogP contribution is 2.33. The standard InChI is InChI=1S/C24H19NO2S2/c1-2-13-25-23(26)22(29-24(25)28)15-17-7-5-11-20(14-17)27-16-19-10-6-9-18-8-3-4-12-21(18)19/h2-12,14-15H,1,13,16H2/b22-15+. The van der Waals surface area contributed by atoms with Gasteiger partial charge >= 0.3 is 0 Å². The lowest BCUT2D eigenvalue weighted by molar-refractivity contribution is -0.121. The van der Waals surface area contributed by atoms with Gasteiger partial charge in [-0.1, -0.05) is 84.7 Å². The zero-order chi connectivity index (χ0) is 20.2. The molecule has 0 aromatic heterocycles. The van der Waals surface area contributed by atoms with Crippen LogP contribution in [0.1, 0.15) is 11.1 Å². The Labute approximate surface area is 179 Å². The average Bonchev–Trinajstić information content (AvgIpc) is 3.00. The number of carbonyl (C=O) groups is 1. The molecule has 0 atom stereocenters. The maximum atomic E-state index is 12.5. The normalized spacial score (nSPS) is 15.3. The number of hydrogen-bond acceptors (Lipinski definition) is 4. The molecule has 3 aromatic carbocycles. The zero-order valence-corrected chi connectivity index (χ0v) is 17.3. The van der Waals surface area contributed by atoms with Crippen LogP contribution in [0.15, 0.2) is 84.3 Å². The predicted octanol–water partition coefficient (Wildman–Crippen LogP) is 5.81. The van der Waals surface area contributed by atoms with Crippen molar-refractivity contribution in [3.8, 4) is 5.75 Å². The molecule has 1 aliphatic heterocycles. The molecule has 0 N–H and O–H groups in total. The van der Waals surface area contributed by atoms with Crippen molar-refractivity contribution < 1.29 is 9.53 Å². The molecule has 0 radical (unpaired) electrons. The van der Waals surface area contributed by atoms with Crippen molar-refractivity contribution >= 4 is 51.1 Å². The first kappa shape index (κ1) is 19.4. The van der Waals surface area contributed by atoms with Gasteiger partial charge in [0.25, 0.3) is 5.91 Å². The van der Waals surface area contributed by atoms with E-state index in [2.05, 4.69) is 30.8 Å². The van der Waals surface area contributed by atoms with Gasteiger partial charge in [-0.15, -0.1) is 6.58 Å². The summed E-state index contributed by atoms with van der Waals surface area (Å²) in [6.07, 6.45) is 3.53. The largest absolute Gasteiger partial charge is 0.489 e. The predicted molar refractivity (Wildman–Crippen MR) is 125 cm³/mol. The summed E-state index contributed by atoms with van der Waals surface area (Å²) in [6.45, 7) is 4.58. The molecule has 0 saturated carbocycles. The second-order valence-electron chi connectivity index (χ2n) is 6.58. The van der Waals surface area contributed by atoms with Gasteiger partial charge < -0.3 is 4.74 Å². The van der Waals surface area contributed by atoms with E-state index in [0.717, 1.165) is 16.9 Å². The molecule has 1 amide bonds. The van der Waals surface area contributed by atoms with E-state index in [-0.39, 0.29) is 5.91 Å². The number of rotatable bonds is 6. The van der Waals surface area contributed by atoms with Crippen LogP contribution in [0.3, 0.4) is 0 Å². The Bertz CT molecular complexity index is 1130. The van der Waals surface area contributed by atoms with Gasteiger partial charge in [0, 0.05) is 6.54 Å². The number of fused-ring (bicyclic) bond motifs is 1. The Morgan fingerprint density at radius 1 is 1.07 bits per heavy atom. The maximum Gasteiger partial charge on any atom is 0.266 e. The highest BCUT2D eigenvalue weighted by Gasteiger charge is 2.30. The molecular formula is C24H19NO2S2. The van der Waals surface area contributed by atoms with Gasteiger partial charge in [0.1, 0.15) is 16.7 Å². The average molecular weight is 418 g/mol. The zero-order valence-electron chi connectivity index (χ0n) is 15.7. The van der Waals surface area contributed by atoms with Crippen molar-refractivity contribution in [1.29, 1.82) is 0 Å². The SMILES string of the molecule is C=CCN1C(=O)/C(=C\c2cccc(OCc3cccc4ccccc34)c2)SC1=S. The third-order valence-corrected chi connectivity index (χ3v) is 5.99. The Morgan fingerprint density at radius 2 is 1.86 bits per heavy atom. The number of amides is 1. The number of thioether (sulfide) groups is 1. The summed E-state index contributed by atoms with van der Waals surface area (Å²) in [4.78, 5) is 14.7. The van der Waals surface area contributed by atoms with Gasteiger partial charge in [-0.05, 0) is 40.1 Å². The summed E-state index contributed by atoms with van der Waals surface area (Å²) >= 11 is 6.61. The molecule has 1 fully saturated rings. The molecule has 1 aliphatic rings. The van der Waals surface area contributed by atoms with Gasteiger partial charge in [0.05, 0.1) is 4.91 Å². The van der Waals surface area contributed by atoms with Crippen LogP contribution < -0.4 is 4.74 Å². The summed E-state index contributed by atoms with van der Waals surface area (Å²) in [5.41, 5.74) is 2.04. The number of hydrogen-bond donors (Lipinski definition) is 0. The highest BCUT2D eigenvalue weighted by atomic mass is 32.2. The third kappa shape index (κ3) is 4.26. The summed E-state index contributed by atoms with van der Waals surface area (Å²) in [7, 11) is 0. The van der Waals surface area contributed by atoms with E-state index in [0.29, 0.717) is 22.4 Å². The van der Waals surface area contributed by atoms with E-state index in [1.165, 1.54) is 22.5 Å². The summed E-state index contributed by atoms with van der Waals surface area (Å²) < 4.78 is 6.60. The monoisotopic (exact) mass is 417 g/mol. The first-order valence-electron chi connectivity index (χ1n) is 9.21. The van der Waals surface area contributed by atoms with Crippen molar-refractivity contribution in [2.24, 2.45) is 0 Å². The number of carbonyl (C=O) groups excluding carboxylic acids is 1. The molecule has 144 valence electrons. The minimum Gasteiger partial charge on any atom is -0.489 e. The van der Waals surface area contributed by atoms with Gasteiger partial charge in [-0.3, -0.25) is 9.69 Å². The van der Waals surface area contributed by atoms with Crippen molar-refractivity contribution in [2.45, 2.75) is 6.61 Å². The van der Waals surface area contributed by atoms with Crippen molar-refractivity contribution in [1.82, 2.24) is 4.90 Å². The minimum atomic E-state index is -0.0815. The fraction of sp³-hybridized carbons (Fsp3) is 0.0833. The van der Waals surface area contributed by atoms with Crippen LogP contribution in [0.2, 0.25) is 0 Å². The van der Waals surface area contributed by atoms with Crippen LogP contribution in [-0.2, 0) is 11.4 Å². The fourth-order valence-electron chi connectivity index (χ4n) is 3.21. The van der Waals surface area contributed by atoms with E-state index in [1.54, 1.807) is 11.0 Å². The Hall–Kier alpha value is -2.89. The molecule has 0 bridgehead atoms. The first-order valence-corrected chi connectivity index (χ1v) is 10.4. The van der Waals surface area contributed by atoms with Gasteiger partial charge in [-0.2, -0.15) is 0 Å². The molecule has 29 heavy (non-hydrogen) atoms. The van der Waals surface area contributed by atoms with Gasteiger partial charge in [0.15, 0.2) is 0 Å². The highest BCUT2D eigenvalue weighted by molar-refractivity contribution is 8.26. The molecule has 1 heterocycles. The maximum absolute atomic E-state index is 12.5. The van der Waals surface area contributed by atoms with E-state index in [9.17, 15) is 4.79 Å². The molecule has 3 aromatic rings. The molecule has 1 saturated heterocycles. The van der Waals surface area contributed by atoms with Gasteiger partial charge in [0.2, 0.25) is 0 Å². The number of nitrogens with zero attached hydrogens (tertiary/aromatic N) is 1. The second kappa shape index (κ2) is 8.64. The van der Waals surface area contributed by atoms with E-state index >= 15 is 0 Å². The third-order valence-electron chi connectivity index (χ3n) is 4.62. The van der Waals surface area contributed by atoms with Crippen LogP contribution in [0, 0.1) is 0 Å². The quantitative estimate of drug-likeness (QED) is 0.288. The summed E-state index contributed by atoms with van der Waals surface area (Å²) in [5, 5.41) is 2.39. The molecule has 0 unspecified atom stereocenters. The molecule has 3 nitrogen and oxygen atoms in total. The minimum absolute atomic E-state index is 0.0815. The van der Waals surface area contributed by atoms with Crippen LogP contribution in [0.4, 0.5) is 0 Å². The Kier molecular flexibility index (Phi) is 5.79. The van der Waals surface area contributed by atoms with E-state index in [4.69, 9.17) is 17.0 Å². The van der Waals surface area contributed by atoms with E-state index in [1.807, 2.05) is 48.5 Å². The van der Waals surface area contributed by atoms with Crippen molar-refractivity contribution in [2.75, 3.05) is 6.54 Å². The van der Waals surface area contributed by atoms with Gasteiger partial charge in [-0.25, -0.2) is 0 Å². The second-order valence-corrected chi connectivity index (χ2v) is 8.26. The summed E-state index contributed by atoms with van der Waals surface area (Å²) in [5.74, 6) is 0.676. The molecule has 4 rings (SSSR count). The lowest BCUT2D eigenvalue weighted by atomic mass is 10.1. The first-order chi connectivity index (χ1) is 14.2. The smallest absolute Gasteiger partial charge is 0.266 e. The topological polar surface area (TPSA) is 29.5 Å². The van der Waals surface area contributed by atoms with Crippen molar-refractivity contribution in [3.63, 3.8) is 0 Å². The molecule has 0 spiro atoms. The van der Waals surface area contributed by atoms with Crippen molar-refractivity contribution in [3.05, 3.63) is 95.4 Å². The molecule has 0 aliphatic carbocycles. The lowest BCUT2D eigenvalue weighted by Gasteiger charge is -2.10. The molecule has 5 heteroatoms. The Balaban J connectivity index is 1.51. The molecular weight excluding hydrogens is 398 g/mol. The van der Waals surface area contributed by atoms with Crippen LogP contribution >= 0.6 is 24.0 Å². The Morgan fingerprint density at radius 3 is 2.72 bits per heavy atom. The van der Waals surface area contributed by atoms with Crippen LogP contribution in [-0.4, -0.2) is 21.7 Å². The van der Waals surface area contributed by atoms with Crippen LogP contribution in [0.25, 0.3) is 16.8 Å². The van der Waals surface area contributed by atoms with E-state index < -0.39 is 0 Å². The number of thiocarbonyl (C=S) groups is 1. The fourth-order valence-corrected chi connectivity index (χ4v) is 4.49. The number of ether oxygens (including phenoxy) is 1. The summed E-state index contributed by atoms with van der Waals surface area (Å²) in [6, 6.07) is 22.2. The number of benzene rings is 3. The lowest BCUT2D eigenvalue weighted by Crippen LogP contribution is -2.27.